The fourth-order valence-corrected chi connectivity index (χ4v) is 2.31. The molecule has 0 radical (unpaired) electrons. The molecule has 0 aliphatic carbocycles. The van der Waals surface area contributed by atoms with E-state index in [1.165, 1.54) is 6.42 Å². The highest BCUT2D eigenvalue weighted by Gasteiger charge is 2.29. The van der Waals surface area contributed by atoms with Gasteiger partial charge < -0.3 is 9.84 Å². The van der Waals surface area contributed by atoms with E-state index in [1.807, 2.05) is 0 Å². The fourth-order valence-electron chi connectivity index (χ4n) is 2.31. The van der Waals surface area contributed by atoms with Crippen molar-refractivity contribution in [1.29, 1.82) is 0 Å². The molecule has 90 valence electrons. The van der Waals surface area contributed by atoms with Gasteiger partial charge in [-0.3, -0.25) is 4.90 Å². The summed E-state index contributed by atoms with van der Waals surface area (Å²) in [6.45, 7) is 8.55. The molecule has 0 amide bonds. The first-order valence-electron chi connectivity index (χ1n) is 5.88. The molecule has 1 heterocycles. The van der Waals surface area contributed by atoms with Crippen molar-refractivity contribution in [1.82, 2.24) is 4.90 Å². The van der Waals surface area contributed by atoms with Crippen LogP contribution in [0.4, 0.5) is 0 Å². The second-order valence-electron chi connectivity index (χ2n) is 5.64. The summed E-state index contributed by atoms with van der Waals surface area (Å²) < 4.78 is 5.61. The Morgan fingerprint density at radius 3 is 2.53 bits per heavy atom. The van der Waals surface area contributed by atoms with Gasteiger partial charge in [-0.15, -0.1) is 0 Å². The minimum absolute atomic E-state index is 0.113. The zero-order valence-electron chi connectivity index (χ0n) is 10.5. The zero-order valence-corrected chi connectivity index (χ0v) is 10.5. The Hall–Kier alpha value is -0.120. The lowest BCUT2D eigenvalue weighted by Crippen LogP contribution is -2.47. The number of likely N-dealkylation sites (N-methyl/N-ethyl adjacent to an activating group) is 1. The maximum atomic E-state index is 9.42. The number of nitrogens with zero attached hydrogens (tertiary/aromatic N) is 1. The lowest BCUT2D eigenvalue weighted by Gasteiger charge is -2.37. The van der Waals surface area contributed by atoms with E-state index < -0.39 is 0 Å². The second kappa shape index (κ2) is 5.28. The topological polar surface area (TPSA) is 32.7 Å². The number of ether oxygens (including phenoxy) is 1. The van der Waals surface area contributed by atoms with Gasteiger partial charge in [0.25, 0.3) is 0 Å². The van der Waals surface area contributed by atoms with Crippen molar-refractivity contribution >= 4 is 0 Å². The highest BCUT2D eigenvalue weighted by molar-refractivity contribution is 4.83. The summed E-state index contributed by atoms with van der Waals surface area (Å²) in [5.41, 5.74) is 0.113. The molecule has 1 rings (SSSR count). The van der Waals surface area contributed by atoms with E-state index in [4.69, 9.17) is 4.74 Å². The SMILES string of the molecule is CN(CC1CCCO1)C(CO)C(C)(C)C. The summed E-state index contributed by atoms with van der Waals surface area (Å²) in [7, 11) is 2.08. The number of aliphatic hydroxyl groups excluding tert-OH is 1. The summed E-state index contributed by atoms with van der Waals surface area (Å²) in [5.74, 6) is 0. The molecule has 0 aromatic carbocycles. The van der Waals surface area contributed by atoms with Crippen LogP contribution in [0.3, 0.4) is 0 Å². The maximum absolute atomic E-state index is 9.42. The van der Waals surface area contributed by atoms with Crippen LogP contribution in [0.25, 0.3) is 0 Å². The van der Waals surface area contributed by atoms with Crippen LogP contribution < -0.4 is 0 Å². The lowest BCUT2D eigenvalue weighted by molar-refractivity contribution is 0.0202. The van der Waals surface area contributed by atoms with Gasteiger partial charge in [0.05, 0.1) is 12.7 Å². The largest absolute Gasteiger partial charge is 0.395 e. The van der Waals surface area contributed by atoms with Crippen LogP contribution in [-0.2, 0) is 4.74 Å². The molecule has 1 aliphatic heterocycles. The van der Waals surface area contributed by atoms with Crippen LogP contribution in [0.15, 0.2) is 0 Å². The van der Waals surface area contributed by atoms with Crippen LogP contribution in [-0.4, -0.2) is 49.0 Å². The Morgan fingerprint density at radius 1 is 1.47 bits per heavy atom. The molecule has 1 N–H and O–H groups in total. The van der Waals surface area contributed by atoms with E-state index in [-0.39, 0.29) is 18.1 Å². The number of hydrogen-bond donors (Lipinski definition) is 1. The van der Waals surface area contributed by atoms with Crippen molar-refractivity contribution in [3.8, 4) is 0 Å². The van der Waals surface area contributed by atoms with Crippen molar-refractivity contribution in [3.63, 3.8) is 0 Å². The highest BCUT2D eigenvalue weighted by Crippen LogP contribution is 2.24. The zero-order chi connectivity index (χ0) is 11.5. The molecule has 2 atom stereocenters. The van der Waals surface area contributed by atoms with Gasteiger partial charge in [-0.05, 0) is 25.3 Å². The molecule has 0 spiro atoms. The summed E-state index contributed by atoms with van der Waals surface area (Å²) in [6.07, 6.45) is 2.70. The Labute approximate surface area is 93.4 Å². The first-order chi connectivity index (χ1) is 6.95. The van der Waals surface area contributed by atoms with E-state index in [0.29, 0.717) is 6.10 Å². The quantitative estimate of drug-likeness (QED) is 0.771. The van der Waals surface area contributed by atoms with Gasteiger partial charge in [0.2, 0.25) is 0 Å². The third-order valence-corrected chi connectivity index (χ3v) is 3.22. The van der Waals surface area contributed by atoms with Crippen molar-refractivity contribution < 1.29 is 9.84 Å². The summed E-state index contributed by atoms with van der Waals surface area (Å²) in [5, 5.41) is 9.42. The Morgan fingerprint density at radius 2 is 2.13 bits per heavy atom. The van der Waals surface area contributed by atoms with Gasteiger partial charge in [-0.1, -0.05) is 20.8 Å². The molecule has 2 unspecified atom stereocenters. The lowest BCUT2D eigenvalue weighted by atomic mass is 9.86. The van der Waals surface area contributed by atoms with Crippen LogP contribution in [0, 0.1) is 5.41 Å². The van der Waals surface area contributed by atoms with Crippen LogP contribution in [0.1, 0.15) is 33.6 Å². The van der Waals surface area contributed by atoms with Gasteiger partial charge in [0.1, 0.15) is 0 Å². The first-order valence-corrected chi connectivity index (χ1v) is 5.88. The maximum Gasteiger partial charge on any atom is 0.0702 e. The van der Waals surface area contributed by atoms with Gasteiger partial charge in [-0.2, -0.15) is 0 Å². The molecule has 0 saturated carbocycles. The van der Waals surface area contributed by atoms with Crippen LogP contribution >= 0.6 is 0 Å². The standard InChI is InChI=1S/C12H25NO2/c1-12(2,3)11(9-14)13(4)8-10-6-5-7-15-10/h10-11,14H,5-9H2,1-4H3. The van der Waals surface area contributed by atoms with E-state index >= 15 is 0 Å². The Balaban J connectivity index is 2.45. The van der Waals surface area contributed by atoms with Crippen molar-refractivity contribution in [2.75, 3.05) is 26.8 Å². The predicted molar refractivity (Wildman–Crippen MR) is 61.9 cm³/mol. The molecule has 15 heavy (non-hydrogen) atoms. The molecule has 0 aromatic heterocycles. The minimum atomic E-state index is 0.113. The van der Waals surface area contributed by atoms with E-state index in [9.17, 15) is 5.11 Å². The van der Waals surface area contributed by atoms with Gasteiger partial charge in [0, 0.05) is 19.2 Å². The average Bonchev–Trinajstić information content (AvgIpc) is 2.54. The van der Waals surface area contributed by atoms with Crippen LogP contribution in [0.2, 0.25) is 0 Å². The fraction of sp³-hybridized carbons (Fsp3) is 1.00. The normalized spacial score (nSPS) is 24.8. The third kappa shape index (κ3) is 3.74. The first kappa shape index (κ1) is 12.9. The third-order valence-electron chi connectivity index (χ3n) is 3.22. The second-order valence-corrected chi connectivity index (χ2v) is 5.64. The van der Waals surface area contributed by atoms with E-state index in [1.54, 1.807) is 0 Å². The Bertz CT molecular complexity index is 183. The smallest absolute Gasteiger partial charge is 0.0702 e. The monoisotopic (exact) mass is 215 g/mol. The highest BCUT2D eigenvalue weighted by atomic mass is 16.5. The summed E-state index contributed by atoms with van der Waals surface area (Å²) in [6, 6.07) is 0.210. The molecule has 1 saturated heterocycles. The minimum Gasteiger partial charge on any atom is -0.395 e. The molecule has 3 nitrogen and oxygen atoms in total. The molecule has 3 heteroatoms. The van der Waals surface area contributed by atoms with Gasteiger partial charge in [0.15, 0.2) is 0 Å². The van der Waals surface area contributed by atoms with Crippen molar-refractivity contribution in [2.24, 2.45) is 5.41 Å². The van der Waals surface area contributed by atoms with Crippen molar-refractivity contribution in [3.05, 3.63) is 0 Å². The summed E-state index contributed by atoms with van der Waals surface area (Å²) in [4.78, 5) is 2.23. The number of hydrogen-bond acceptors (Lipinski definition) is 3. The molecular formula is C12H25NO2. The van der Waals surface area contributed by atoms with E-state index in [2.05, 4.69) is 32.7 Å². The molecule has 0 aromatic rings. The molecular weight excluding hydrogens is 190 g/mol. The molecule has 1 aliphatic rings. The predicted octanol–water partition coefficient (Wildman–Crippen LogP) is 1.50. The number of aliphatic hydroxyl groups is 1. The van der Waals surface area contributed by atoms with Crippen molar-refractivity contribution in [2.45, 2.75) is 45.8 Å². The summed E-state index contributed by atoms with van der Waals surface area (Å²) >= 11 is 0. The van der Waals surface area contributed by atoms with Crippen LogP contribution in [0.5, 0.6) is 0 Å². The molecule has 1 fully saturated rings. The average molecular weight is 215 g/mol. The van der Waals surface area contributed by atoms with Gasteiger partial charge in [-0.25, -0.2) is 0 Å². The Kier molecular flexibility index (Phi) is 4.56. The van der Waals surface area contributed by atoms with Gasteiger partial charge >= 0.3 is 0 Å². The van der Waals surface area contributed by atoms with E-state index in [0.717, 1.165) is 19.6 Å². The molecule has 0 bridgehead atoms. The number of rotatable bonds is 4.